The van der Waals surface area contributed by atoms with Gasteiger partial charge in [-0.05, 0) is 49.2 Å². The standard InChI is InChI=1S/C28H30Cl2N4O7S/c1-5-23(28(36)31-3)32(16-19-8-6-7-9-22(19)30)27(35)17-33(25-14-20(29)11-13-26(25)41-4)42(39,40)21-12-10-18(2)24(15-21)34(37)38/h6-15,23H,5,16-17H2,1-4H3,(H,31,36)/t23-/m1/s1. The quantitative estimate of drug-likeness (QED) is 0.219. The van der Waals surface area contributed by atoms with Gasteiger partial charge in [-0.2, -0.15) is 0 Å². The van der Waals surface area contributed by atoms with E-state index in [0.717, 1.165) is 10.4 Å². The van der Waals surface area contributed by atoms with Gasteiger partial charge in [0.05, 0.1) is 22.6 Å². The van der Waals surface area contributed by atoms with E-state index in [0.29, 0.717) is 10.6 Å². The fraction of sp³-hybridized carbons (Fsp3) is 0.286. The Morgan fingerprint density at radius 3 is 2.38 bits per heavy atom. The molecule has 0 unspecified atom stereocenters. The Bertz CT molecular complexity index is 1600. The maximum atomic E-state index is 14.1. The highest BCUT2D eigenvalue weighted by Crippen LogP contribution is 2.36. The maximum absolute atomic E-state index is 14.1. The first-order valence-electron chi connectivity index (χ1n) is 12.7. The number of carbonyl (C=O) groups is 2. The summed E-state index contributed by atoms with van der Waals surface area (Å²) >= 11 is 12.6. The lowest BCUT2D eigenvalue weighted by Crippen LogP contribution is -2.51. The van der Waals surface area contributed by atoms with E-state index in [2.05, 4.69) is 5.32 Å². The number of aryl methyl sites for hydroxylation is 1. The Kier molecular flexibility index (Phi) is 10.8. The van der Waals surface area contributed by atoms with Crippen LogP contribution in [0.15, 0.2) is 65.6 Å². The van der Waals surface area contributed by atoms with E-state index in [1.807, 2.05) is 0 Å². The number of hydrogen-bond acceptors (Lipinski definition) is 7. The number of amides is 2. The van der Waals surface area contributed by atoms with Crippen molar-refractivity contribution in [3.05, 3.63) is 92.0 Å². The first kappa shape index (κ1) is 32.6. The van der Waals surface area contributed by atoms with Crippen LogP contribution in [0.25, 0.3) is 0 Å². The predicted molar refractivity (Wildman–Crippen MR) is 161 cm³/mol. The van der Waals surface area contributed by atoms with Crippen LogP contribution in [-0.2, 0) is 26.2 Å². The lowest BCUT2D eigenvalue weighted by atomic mass is 10.1. The average molecular weight is 638 g/mol. The molecule has 2 amide bonds. The highest BCUT2D eigenvalue weighted by molar-refractivity contribution is 7.92. The molecule has 0 radical (unpaired) electrons. The van der Waals surface area contributed by atoms with E-state index in [1.165, 1.54) is 56.3 Å². The summed E-state index contributed by atoms with van der Waals surface area (Å²) in [4.78, 5) is 38.7. The SMILES string of the molecule is CC[C@H](C(=O)NC)N(Cc1ccccc1Cl)C(=O)CN(c1cc(Cl)ccc1OC)S(=O)(=O)c1ccc(C)c([N+](=O)[O-])c1. The number of nitro groups is 1. The Balaban J connectivity index is 2.20. The van der Waals surface area contributed by atoms with Crippen LogP contribution in [-0.4, -0.2) is 56.8 Å². The second-order valence-corrected chi connectivity index (χ2v) is 11.9. The molecule has 11 nitrogen and oxygen atoms in total. The molecule has 1 N–H and O–H groups in total. The minimum atomic E-state index is -4.63. The average Bonchev–Trinajstić information content (AvgIpc) is 2.96. The Morgan fingerprint density at radius 2 is 1.79 bits per heavy atom. The van der Waals surface area contributed by atoms with Crippen molar-refractivity contribution < 1.29 is 27.7 Å². The molecule has 0 aliphatic rings. The molecule has 14 heteroatoms. The van der Waals surface area contributed by atoms with Crippen molar-refractivity contribution in [1.82, 2.24) is 10.2 Å². The van der Waals surface area contributed by atoms with Gasteiger partial charge in [0.1, 0.15) is 18.3 Å². The lowest BCUT2D eigenvalue weighted by Gasteiger charge is -2.33. The van der Waals surface area contributed by atoms with Crippen molar-refractivity contribution in [2.75, 3.05) is 25.0 Å². The summed E-state index contributed by atoms with van der Waals surface area (Å²) in [5.74, 6) is -1.12. The zero-order chi connectivity index (χ0) is 31.2. The second-order valence-electron chi connectivity index (χ2n) is 9.18. The number of ether oxygens (including phenoxy) is 1. The Morgan fingerprint density at radius 1 is 1.10 bits per heavy atom. The van der Waals surface area contributed by atoms with Crippen LogP contribution in [0.5, 0.6) is 5.75 Å². The van der Waals surface area contributed by atoms with E-state index in [1.54, 1.807) is 31.2 Å². The third-order valence-electron chi connectivity index (χ3n) is 6.58. The number of halogens is 2. The van der Waals surface area contributed by atoms with Crippen molar-refractivity contribution in [3.8, 4) is 5.75 Å². The third-order valence-corrected chi connectivity index (χ3v) is 8.94. The van der Waals surface area contributed by atoms with E-state index in [-0.39, 0.29) is 35.0 Å². The zero-order valence-corrected chi connectivity index (χ0v) is 25.7. The topological polar surface area (TPSA) is 139 Å². The maximum Gasteiger partial charge on any atom is 0.273 e. The molecule has 3 aromatic rings. The van der Waals surface area contributed by atoms with Crippen molar-refractivity contribution in [2.45, 2.75) is 37.8 Å². The highest BCUT2D eigenvalue weighted by Gasteiger charge is 2.35. The van der Waals surface area contributed by atoms with E-state index >= 15 is 0 Å². The van der Waals surface area contributed by atoms with E-state index < -0.39 is 49.9 Å². The Labute approximate surface area is 254 Å². The molecule has 0 heterocycles. The molecular formula is C28H30Cl2N4O7S. The number of nitrogens with zero attached hydrogens (tertiary/aromatic N) is 3. The zero-order valence-electron chi connectivity index (χ0n) is 23.3. The molecule has 0 bridgehead atoms. The number of nitrogens with one attached hydrogen (secondary N) is 1. The number of rotatable bonds is 12. The molecule has 3 rings (SSSR count). The first-order valence-corrected chi connectivity index (χ1v) is 14.9. The molecule has 0 saturated carbocycles. The van der Waals surface area contributed by atoms with Crippen LogP contribution in [0.4, 0.5) is 11.4 Å². The number of nitro benzene ring substituents is 1. The molecule has 0 fully saturated rings. The van der Waals surface area contributed by atoms with E-state index in [9.17, 15) is 28.1 Å². The smallest absolute Gasteiger partial charge is 0.273 e. The van der Waals surface area contributed by atoms with Crippen LogP contribution >= 0.6 is 23.2 Å². The van der Waals surface area contributed by atoms with Crippen LogP contribution in [0.3, 0.4) is 0 Å². The summed E-state index contributed by atoms with van der Waals surface area (Å²) in [5, 5.41) is 14.7. The predicted octanol–water partition coefficient (Wildman–Crippen LogP) is 4.97. The van der Waals surface area contributed by atoms with E-state index in [4.69, 9.17) is 27.9 Å². The number of anilines is 1. The van der Waals surface area contributed by atoms with Crippen LogP contribution in [0.1, 0.15) is 24.5 Å². The molecule has 0 aromatic heterocycles. The van der Waals surface area contributed by atoms with Gasteiger partial charge >= 0.3 is 0 Å². The second kappa shape index (κ2) is 13.9. The van der Waals surface area contributed by atoms with Gasteiger partial charge in [0.15, 0.2) is 0 Å². The number of methoxy groups -OCH3 is 1. The molecule has 0 spiro atoms. The number of carbonyl (C=O) groups excluding carboxylic acids is 2. The van der Waals surface area contributed by atoms with Crippen LogP contribution < -0.4 is 14.4 Å². The van der Waals surface area contributed by atoms with Gasteiger partial charge in [-0.25, -0.2) is 8.42 Å². The van der Waals surface area contributed by atoms with Crippen molar-refractivity contribution >= 4 is 56.4 Å². The lowest BCUT2D eigenvalue weighted by molar-refractivity contribution is -0.385. The molecule has 0 aliphatic carbocycles. The van der Waals surface area contributed by atoms with Crippen molar-refractivity contribution in [1.29, 1.82) is 0 Å². The number of sulfonamides is 1. The molecular weight excluding hydrogens is 607 g/mol. The summed E-state index contributed by atoms with van der Waals surface area (Å²) < 4.78 is 34.4. The third kappa shape index (κ3) is 7.12. The summed E-state index contributed by atoms with van der Waals surface area (Å²) in [6.45, 7) is 2.30. The van der Waals surface area contributed by atoms with Gasteiger partial charge in [-0.1, -0.05) is 54.4 Å². The minimum absolute atomic E-state index is 0.0766. The normalized spacial score (nSPS) is 11.9. The van der Waals surface area contributed by atoms with Crippen molar-refractivity contribution in [3.63, 3.8) is 0 Å². The van der Waals surface area contributed by atoms with Gasteiger partial charge in [0.2, 0.25) is 11.8 Å². The largest absolute Gasteiger partial charge is 0.495 e. The summed E-state index contributed by atoms with van der Waals surface area (Å²) in [7, 11) is -1.88. The molecule has 0 aliphatic heterocycles. The highest BCUT2D eigenvalue weighted by atomic mass is 35.5. The van der Waals surface area contributed by atoms with Crippen molar-refractivity contribution in [2.24, 2.45) is 0 Å². The van der Waals surface area contributed by atoms with Gasteiger partial charge in [0.25, 0.3) is 15.7 Å². The molecule has 42 heavy (non-hydrogen) atoms. The number of benzene rings is 3. The Hall–Kier alpha value is -3.87. The number of hydrogen-bond donors (Lipinski definition) is 1. The summed E-state index contributed by atoms with van der Waals surface area (Å²) in [5.41, 5.74) is 0.307. The first-order chi connectivity index (χ1) is 19.8. The molecule has 0 saturated heterocycles. The van der Waals surface area contributed by atoms with Crippen LogP contribution in [0.2, 0.25) is 10.0 Å². The summed E-state index contributed by atoms with van der Waals surface area (Å²) in [6.07, 6.45) is 0.216. The van der Waals surface area contributed by atoms with Gasteiger partial charge in [-0.3, -0.25) is 24.0 Å². The molecule has 1 atom stereocenters. The van der Waals surface area contributed by atoms with Crippen LogP contribution in [0, 0.1) is 17.0 Å². The minimum Gasteiger partial charge on any atom is -0.495 e. The fourth-order valence-electron chi connectivity index (χ4n) is 4.34. The summed E-state index contributed by atoms with van der Waals surface area (Å²) in [6, 6.07) is 13.5. The molecule has 224 valence electrons. The van der Waals surface area contributed by atoms with Gasteiger partial charge in [-0.15, -0.1) is 0 Å². The fourth-order valence-corrected chi connectivity index (χ4v) is 6.14. The van der Waals surface area contributed by atoms with Gasteiger partial charge < -0.3 is 15.0 Å². The number of likely N-dealkylation sites (N-methyl/N-ethyl adjacent to an activating group) is 1. The molecule has 3 aromatic carbocycles. The monoisotopic (exact) mass is 636 g/mol. The van der Waals surface area contributed by atoms with Gasteiger partial charge in [0, 0.05) is 35.3 Å².